The monoisotopic (exact) mass is 240 g/mol. The second kappa shape index (κ2) is 5.25. The second-order valence-corrected chi connectivity index (χ2v) is 5.96. The summed E-state index contributed by atoms with van der Waals surface area (Å²) in [4.78, 5) is 2.74. The van der Waals surface area contributed by atoms with Crippen LogP contribution in [-0.4, -0.2) is 41.8 Å². The quantitative estimate of drug-likeness (QED) is 0.821. The number of hydrogen-bond donors (Lipinski definition) is 1. The van der Waals surface area contributed by atoms with Gasteiger partial charge in [-0.3, -0.25) is 4.90 Å². The Morgan fingerprint density at radius 1 is 1.35 bits per heavy atom. The van der Waals surface area contributed by atoms with E-state index < -0.39 is 0 Å². The molecule has 0 amide bonds. The summed E-state index contributed by atoms with van der Waals surface area (Å²) in [5.74, 6) is 0. The fourth-order valence-electron chi connectivity index (χ4n) is 4.00. The van der Waals surface area contributed by atoms with E-state index in [0.29, 0.717) is 12.1 Å². The Balaban J connectivity index is 2.20. The molecule has 0 spiro atoms. The third-order valence-electron chi connectivity index (χ3n) is 4.82. The summed E-state index contributed by atoms with van der Waals surface area (Å²) in [6.07, 6.45) is 6.49. The molecule has 0 radical (unpaired) electrons. The zero-order valence-electron chi connectivity index (χ0n) is 11.6. The first-order valence-electron chi connectivity index (χ1n) is 7.23. The lowest BCUT2D eigenvalue weighted by Crippen LogP contribution is -2.61. The summed E-state index contributed by atoms with van der Waals surface area (Å²) < 4.78 is 5.72. The van der Waals surface area contributed by atoms with Crippen LogP contribution in [0.3, 0.4) is 0 Å². The molecule has 2 saturated heterocycles. The van der Waals surface area contributed by atoms with Gasteiger partial charge in [0.1, 0.15) is 0 Å². The molecule has 0 bridgehead atoms. The van der Waals surface area contributed by atoms with Gasteiger partial charge in [-0.15, -0.1) is 0 Å². The van der Waals surface area contributed by atoms with E-state index in [9.17, 15) is 0 Å². The van der Waals surface area contributed by atoms with Crippen LogP contribution in [0.4, 0.5) is 0 Å². The molecule has 0 saturated carbocycles. The topological polar surface area (TPSA) is 38.5 Å². The van der Waals surface area contributed by atoms with E-state index in [-0.39, 0.29) is 5.54 Å². The average Bonchev–Trinajstić information content (AvgIpc) is 2.71. The maximum atomic E-state index is 6.16. The molecule has 2 fully saturated rings. The Morgan fingerprint density at radius 2 is 2.12 bits per heavy atom. The molecule has 3 heteroatoms. The summed E-state index contributed by atoms with van der Waals surface area (Å²) in [5, 5.41) is 0. The van der Waals surface area contributed by atoms with Gasteiger partial charge in [0.2, 0.25) is 0 Å². The molecule has 0 aromatic rings. The molecule has 2 N–H and O–H groups in total. The fourth-order valence-corrected chi connectivity index (χ4v) is 4.00. The molecule has 3 nitrogen and oxygen atoms in total. The lowest BCUT2D eigenvalue weighted by Gasteiger charge is -2.50. The van der Waals surface area contributed by atoms with Crippen molar-refractivity contribution >= 4 is 0 Å². The zero-order valence-corrected chi connectivity index (χ0v) is 11.6. The van der Waals surface area contributed by atoms with Gasteiger partial charge in [0, 0.05) is 30.8 Å². The molecule has 2 aliphatic rings. The van der Waals surface area contributed by atoms with Crippen LogP contribution in [0.2, 0.25) is 0 Å². The van der Waals surface area contributed by atoms with Crippen LogP contribution in [0.15, 0.2) is 0 Å². The summed E-state index contributed by atoms with van der Waals surface area (Å²) in [7, 11) is 0. The van der Waals surface area contributed by atoms with Crippen molar-refractivity contribution in [3.05, 3.63) is 0 Å². The molecule has 100 valence electrons. The van der Waals surface area contributed by atoms with Crippen LogP contribution >= 0.6 is 0 Å². The van der Waals surface area contributed by atoms with E-state index in [0.717, 1.165) is 32.0 Å². The molecule has 4 unspecified atom stereocenters. The minimum atomic E-state index is 0.203. The van der Waals surface area contributed by atoms with Gasteiger partial charge in [-0.25, -0.2) is 0 Å². The second-order valence-electron chi connectivity index (χ2n) is 5.96. The molecule has 0 aromatic carbocycles. The minimum Gasteiger partial charge on any atom is -0.378 e. The van der Waals surface area contributed by atoms with Crippen molar-refractivity contribution in [1.29, 1.82) is 0 Å². The van der Waals surface area contributed by atoms with Crippen LogP contribution in [-0.2, 0) is 4.74 Å². The van der Waals surface area contributed by atoms with Crippen LogP contribution in [0.25, 0.3) is 0 Å². The Morgan fingerprint density at radius 3 is 2.71 bits per heavy atom. The van der Waals surface area contributed by atoms with Crippen molar-refractivity contribution in [3.63, 3.8) is 0 Å². The van der Waals surface area contributed by atoms with Crippen LogP contribution in [0.5, 0.6) is 0 Å². The van der Waals surface area contributed by atoms with Crippen molar-refractivity contribution in [2.45, 2.75) is 76.6 Å². The van der Waals surface area contributed by atoms with E-state index in [1.54, 1.807) is 0 Å². The molecule has 0 aromatic heterocycles. The summed E-state index contributed by atoms with van der Waals surface area (Å²) in [5.41, 5.74) is 6.36. The molecular formula is C14H28N2O. The lowest BCUT2D eigenvalue weighted by molar-refractivity contribution is -0.0787. The molecule has 2 rings (SSSR count). The Bertz CT molecular complexity index is 259. The first-order valence-corrected chi connectivity index (χ1v) is 7.23. The minimum absolute atomic E-state index is 0.203. The summed E-state index contributed by atoms with van der Waals surface area (Å²) >= 11 is 0. The van der Waals surface area contributed by atoms with Crippen LogP contribution in [0, 0.1) is 0 Å². The number of ether oxygens (including phenoxy) is 1. The highest BCUT2D eigenvalue weighted by Gasteiger charge is 2.46. The Kier molecular flexibility index (Phi) is 4.11. The zero-order chi connectivity index (χ0) is 12.5. The van der Waals surface area contributed by atoms with E-state index in [4.69, 9.17) is 10.5 Å². The number of nitrogens with two attached hydrogens (primary N) is 1. The number of likely N-dealkylation sites (tertiary alicyclic amines) is 1. The van der Waals surface area contributed by atoms with Gasteiger partial charge in [0.25, 0.3) is 0 Å². The maximum absolute atomic E-state index is 6.16. The van der Waals surface area contributed by atoms with Gasteiger partial charge < -0.3 is 10.5 Å². The van der Waals surface area contributed by atoms with Crippen LogP contribution in [0.1, 0.15) is 52.9 Å². The fraction of sp³-hybridized carbons (Fsp3) is 1.00. The van der Waals surface area contributed by atoms with Gasteiger partial charge in [0.05, 0.1) is 6.10 Å². The molecule has 2 heterocycles. The standard InChI is InChI=1S/C14H28N2O/c1-4-13-6-5-11(2)16(13)14(10-15)7-8-17-12(3)9-14/h11-13H,4-10,15H2,1-3H3. The van der Waals surface area contributed by atoms with Crippen molar-refractivity contribution in [2.24, 2.45) is 5.73 Å². The lowest BCUT2D eigenvalue weighted by atomic mass is 9.83. The molecule has 2 aliphatic heterocycles. The summed E-state index contributed by atoms with van der Waals surface area (Å²) in [6, 6.07) is 1.42. The van der Waals surface area contributed by atoms with Crippen molar-refractivity contribution in [3.8, 4) is 0 Å². The molecule has 17 heavy (non-hydrogen) atoms. The molecule has 4 atom stereocenters. The normalized spacial score (nSPS) is 44.1. The van der Waals surface area contributed by atoms with Gasteiger partial charge in [-0.2, -0.15) is 0 Å². The number of hydrogen-bond acceptors (Lipinski definition) is 3. The third-order valence-corrected chi connectivity index (χ3v) is 4.82. The molecule has 0 aliphatic carbocycles. The Hall–Kier alpha value is -0.120. The highest BCUT2D eigenvalue weighted by atomic mass is 16.5. The smallest absolute Gasteiger partial charge is 0.0565 e. The largest absolute Gasteiger partial charge is 0.378 e. The van der Waals surface area contributed by atoms with Crippen molar-refractivity contribution in [2.75, 3.05) is 13.2 Å². The van der Waals surface area contributed by atoms with E-state index in [1.807, 2.05) is 0 Å². The number of rotatable bonds is 3. The first-order chi connectivity index (χ1) is 8.13. The van der Waals surface area contributed by atoms with E-state index in [2.05, 4.69) is 25.7 Å². The van der Waals surface area contributed by atoms with Gasteiger partial charge in [-0.1, -0.05) is 6.92 Å². The number of nitrogens with zero attached hydrogens (tertiary/aromatic N) is 1. The summed E-state index contributed by atoms with van der Waals surface area (Å²) in [6.45, 7) is 8.51. The van der Waals surface area contributed by atoms with Gasteiger partial charge in [0.15, 0.2) is 0 Å². The van der Waals surface area contributed by atoms with Crippen LogP contribution < -0.4 is 5.73 Å². The third kappa shape index (κ3) is 2.38. The van der Waals surface area contributed by atoms with E-state index in [1.165, 1.54) is 19.3 Å². The Labute approximate surface area is 106 Å². The highest BCUT2D eigenvalue weighted by molar-refractivity contribution is 5.02. The molecular weight excluding hydrogens is 212 g/mol. The average molecular weight is 240 g/mol. The predicted molar refractivity (Wildman–Crippen MR) is 71.0 cm³/mol. The maximum Gasteiger partial charge on any atom is 0.0565 e. The van der Waals surface area contributed by atoms with Gasteiger partial charge in [-0.05, 0) is 46.0 Å². The van der Waals surface area contributed by atoms with Gasteiger partial charge >= 0.3 is 0 Å². The SMILES string of the molecule is CCC1CCC(C)N1C1(CN)CCOC(C)C1. The predicted octanol–water partition coefficient (Wildman–Crippen LogP) is 2.15. The van der Waals surface area contributed by atoms with E-state index >= 15 is 0 Å². The van der Waals surface area contributed by atoms with Crippen molar-refractivity contribution in [1.82, 2.24) is 4.90 Å². The highest BCUT2D eigenvalue weighted by Crippen LogP contribution is 2.39. The first kappa shape index (κ1) is 13.3. The van der Waals surface area contributed by atoms with Crippen molar-refractivity contribution < 1.29 is 4.74 Å².